The number of rotatable bonds is 7. The Morgan fingerprint density at radius 1 is 0.842 bits per heavy atom. The molecule has 19 heavy (non-hydrogen) atoms. The van der Waals surface area contributed by atoms with E-state index in [1.54, 1.807) is 16.3 Å². The summed E-state index contributed by atoms with van der Waals surface area (Å²) in [6, 6.07) is 0. The molecule has 0 aliphatic rings. The van der Waals surface area contributed by atoms with E-state index in [4.69, 9.17) is 0 Å². The van der Waals surface area contributed by atoms with Crippen LogP contribution in [-0.2, 0) is 0 Å². The second kappa shape index (κ2) is 8.46. The minimum Gasteiger partial charge on any atom is -0.0774 e. The second-order valence-electron chi connectivity index (χ2n) is 6.13. The molecule has 0 aliphatic heterocycles. The minimum absolute atomic E-state index is 0.808. The fourth-order valence-corrected chi connectivity index (χ4v) is 6.03. The maximum absolute atomic E-state index is 3.81. The van der Waals surface area contributed by atoms with Crippen LogP contribution in [0.5, 0.6) is 0 Å². The Morgan fingerprint density at radius 2 is 1.32 bits per heavy atom. The number of allylic oxidation sites excluding steroid dienone is 4. The first-order valence-electron chi connectivity index (χ1n) is 7.87. The molecule has 0 rings (SSSR count). The molecule has 0 unspecified atom stereocenters. The maximum Gasteiger partial charge on any atom is 0.0783 e. The lowest BCUT2D eigenvalue weighted by Crippen LogP contribution is -2.34. The van der Waals surface area contributed by atoms with E-state index >= 15 is 0 Å². The summed E-state index contributed by atoms with van der Waals surface area (Å²) in [7, 11) is -1.31. The Labute approximate surface area is 130 Å². The zero-order valence-electron chi connectivity index (χ0n) is 14.3. The van der Waals surface area contributed by atoms with Crippen molar-refractivity contribution in [2.45, 2.75) is 85.9 Å². The molecule has 0 aromatic heterocycles. The van der Waals surface area contributed by atoms with Gasteiger partial charge in [0.25, 0.3) is 0 Å². The first-order valence-corrected chi connectivity index (χ1v) is 11.7. The summed E-state index contributed by atoms with van der Waals surface area (Å²) < 4.78 is 1.41. The minimum atomic E-state index is -1.31. The molecule has 0 N–H and O–H groups in total. The third-order valence-electron chi connectivity index (χ3n) is 4.65. The highest BCUT2D eigenvalue weighted by molar-refractivity contribution is 9.11. The monoisotopic (exact) mass is 344 g/mol. The van der Waals surface area contributed by atoms with Gasteiger partial charge in [0, 0.05) is 0 Å². The van der Waals surface area contributed by atoms with Gasteiger partial charge in [0.2, 0.25) is 0 Å². The average molecular weight is 345 g/mol. The molecule has 0 saturated carbocycles. The zero-order chi connectivity index (χ0) is 15.2. The van der Waals surface area contributed by atoms with Crippen LogP contribution < -0.4 is 0 Å². The first-order chi connectivity index (χ1) is 8.77. The van der Waals surface area contributed by atoms with E-state index in [2.05, 4.69) is 70.6 Å². The molecule has 0 nitrogen and oxygen atoms in total. The Kier molecular flexibility index (Phi) is 8.54. The largest absolute Gasteiger partial charge is 0.0783 e. The third kappa shape index (κ3) is 4.59. The summed E-state index contributed by atoms with van der Waals surface area (Å²) in [6.07, 6.45) is 4.63. The molecule has 0 heterocycles. The van der Waals surface area contributed by atoms with E-state index < -0.39 is 8.07 Å². The molecule has 112 valence electrons. The van der Waals surface area contributed by atoms with Crippen LogP contribution in [0.2, 0.25) is 18.6 Å². The highest BCUT2D eigenvalue weighted by atomic mass is 79.9. The van der Waals surface area contributed by atoms with Crippen molar-refractivity contribution < 1.29 is 0 Å². The van der Waals surface area contributed by atoms with Crippen molar-refractivity contribution in [1.82, 2.24) is 0 Å². The van der Waals surface area contributed by atoms with Gasteiger partial charge >= 0.3 is 0 Å². The van der Waals surface area contributed by atoms with Crippen LogP contribution in [0.1, 0.15) is 67.2 Å². The van der Waals surface area contributed by atoms with E-state index in [1.807, 2.05) is 0 Å². The van der Waals surface area contributed by atoms with Gasteiger partial charge in [-0.3, -0.25) is 0 Å². The lowest BCUT2D eigenvalue weighted by Gasteiger charge is -2.33. The Hall–Kier alpha value is 0.177. The van der Waals surface area contributed by atoms with Crippen molar-refractivity contribution in [2.75, 3.05) is 0 Å². The van der Waals surface area contributed by atoms with Crippen molar-refractivity contribution in [2.24, 2.45) is 0 Å². The van der Waals surface area contributed by atoms with E-state index in [0.717, 1.165) is 18.4 Å². The third-order valence-corrected chi connectivity index (χ3v) is 10.8. The Bertz CT molecular complexity index is 348. The molecular weight excluding hydrogens is 312 g/mol. The van der Waals surface area contributed by atoms with Crippen LogP contribution in [0.25, 0.3) is 0 Å². The Morgan fingerprint density at radius 3 is 1.58 bits per heavy atom. The number of hydrogen-bond donors (Lipinski definition) is 0. The smallest absolute Gasteiger partial charge is 0.0774 e. The Balaban J connectivity index is 6.04. The standard InChI is InChI=1S/C17H33BrSi/c1-9-14(16(18)11-3)15(10-2)17(12-4)19(7,8)13(5)6/h13H,9-12H2,1-8H3/b16-14-,17-15+. The van der Waals surface area contributed by atoms with Crippen molar-refractivity contribution in [3.63, 3.8) is 0 Å². The molecule has 2 heteroatoms. The van der Waals surface area contributed by atoms with E-state index in [0.29, 0.717) is 0 Å². The number of halogens is 1. The summed E-state index contributed by atoms with van der Waals surface area (Å²) in [5.74, 6) is 0. The molecule has 0 spiro atoms. The molecule has 0 aliphatic carbocycles. The lowest BCUT2D eigenvalue weighted by atomic mass is 9.99. The van der Waals surface area contributed by atoms with Gasteiger partial charge in [0.05, 0.1) is 8.07 Å². The molecule has 0 fully saturated rings. The molecular formula is C17H33BrSi. The van der Waals surface area contributed by atoms with Gasteiger partial charge in [0.1, 0.15) is 0 Å². The van der Waals surface area contributed by atoms with Gasteiger partial charge in [-0.25, -0.2) is 0 Å². The molecule has 0 aromatic rings. The molecule has 0 saturated heterocycles. The summed E-state index contributed by atoms with van der Waals surface area (Å²) >= 11 is 3.81. The molecule has 0 bridgehead atoms. The summed E-state index contributed by atoms with van der Waals surface area (Å²) in [6.45, 7) is 19.1. The van der Waals surface area contributed by atoms with Crippen LogP contribution in [0.15, 0.2) is 20.8 Å². The summed E-state index contributed by atoms with van der Waals surface area (Å²) in [5, 5.41) is 1.78. The summed E-state index contributed by atoms with van der Waals surface area (Å²) in [5.41, 5.74) is 4.04. The maximum atomic E-state index is 3.81. The van der Waals surface area contributed by atoms with Gasteiger partial charge in [-0.1, -0.05) is 75.8 Å². The molecule has 0 radical (unpaired) electrons. The normalized spacial score (nSPS) is 15.5. The predicted molar refractivity (Wildman–Crippen MR) is 96.7 cm³/mol. The number of hydrogen-bond acceptors (Lipinski definition) is 0. The lowest BCUT2D eigenvalue weighted by molar-refractivity contribution is 0.942. The van der Waals surface area contributed by atoms with Crippen molar-refractivity contribution in [3.05, 3.63) is 20.8 Å². The van der Waals surface area contributed by atoms with E-state index in [-0.39, 0.29) is 0 Å². The predicted octanol–water partition coefficient (Wildman–Crippen LogP) is 7.23. The van der Waals surface area contributed by atoms with Gasteiger partial charge < -0.3 is 0 Å². The SMILES string of the molecule is CC/C(Br)=C(CC)/C(CC)=C(\CC)[Si](C)(C)C(C)C. The van der Waals surface area contributed by atoms with Gasteiger partial charge in [-0.15, -0.1) is 0 Å². The first kappa shape index (κ1) is 19.2. The van der Waals surface area contributed by atoms with E-state index in [9.17, 15) is 0 Å². The van der Waals surface area contributed by atoms with Crippen LogP contribution >= 0.6 is 15.9 Å². The van der Waals surface area contributed by atoms with Crippen molar-refractivity contribution in [3.8, 4) is 0 Å². The topological polar surface area (TPSA) is 0 Å². The van der Waals surface area contributed by atoms with Gasteiger partial charge in [-0.2, -0.15) is 0 Å². The van der Waals surface area contributed by atoms with Crippen molar-refractivity contribution in [1.29, 1.82) is 0 Å². The quantitative estimate of drug-likeness (QED) is 0.337. The van der Waals surface area contributed by atoms with Crippen LogP contribution in [0.3, 0.4) is 0 Å². The van der Waals surface area contributed by atoms with Gasteiger partial charge in [0.15, 0.2) is 0 Å². The summed E-state index contributed by atoms with van der Waals surface area (Å²) in [4.78, 5) is 0. The fourth-order valence-electron chi connectivity index (χ4n) is 2.80. The fraction of sp³-hybridized carbons (Fsp3) is 0.765. The van der Waals surface area contributed by atoms with Gasteiger partial charge in [-0.05, 0) is 46.9 Å². The van der Waals surface area contributed by atoms with Crippen LogP contribution in [0.4, 0.5) is 0 Å². The van der Waals surface area contributed by atoms with Crippen LogP contribution in [-0.4, -0.2) is 8.07 Å². The van der Waals surface area contributed by atoms with Crippen LogP contribution in [0, 0.1) is 0 Å². The van der Waals surface area contributed by atoms with Crippen molar-refractivity contribution >= 4 is 24.0 Å². The highest BCUT2D eigenvalue weighted by Crippen LogP contribution is 2.38. The molecule has 0 atom stereocenters. The zero-order valence-corrected chi connectivity index (χ0v) is 16.9. The molecule has 0 amide bonds. The second-order valence-corrected chi connectivity index (χ2v) is 12.3. The van der Waals surface area contributed by atoms with E-state index in [1.165, 1.54) is 17.3 Å². The molecule has 0 aromatic carbocycles. The average Bonchev–Trinajstić information content (AvgIpc) is 2.37. The highest BCUT2D eigenvalue weighted by Gasteiger charge is 2.31.